The summed E-state index contributed by atoms with van der Waals surface area (Å²) in [5.74, 6) is 0.109. The van der Waals surface area contributed by atoms with Crippen molar-refractivity contribution in [3.05, 3.63) is 18.0 Å². The zero-order valence-electron chi connectivity index (χ0n) is 8.19. The van der Waals surface area contributed by atoms with Crippen molar-refractivity contribution in [3.8, 4) is 0 Å². The molecule has 0 aliphatic rings. The molecule has 0 aromatic carbocycles. The molecule has 0 saturated carbocycles. The molecule has 4 heteroatoms. The number of carbonyl (C=O) groups is 1. The molecular formula is C9H15N3O. The molecule has 13 heavy (non-hydrogen) atoms. The number of nitrogens with zero attached hydrogens (tertiary/aromatic N) is 2. The first-order chi connectivity index (χ1) is 6.04. The molecule has 1 heterocycles. The van der Waals surface area contributed by atoms with Gasteiger partial charge in [0.2, 0.25) is 0 Å². The van der Waals surface area contributed by atoms with E-state index < -0.39 is 6.04 Å². The highest BCUT2D eigenvalue weighted by molar-refractivity contribution is 5.98. The second-order valence-electron chi connectivity index (χ2n) is 3.47. The van der Waals surface area contributed by atoms with E-state index in [0.717, 1.165) is 0 Å². The Labute approximate surface area is 77.7 Å². The maximum Gasteiger partial charge on any atom is 0.197 e. The van der Waals surface area contributed by atoms with Gasteiger partial charge in [0.15, 0.2) is 5.78 Å². The summed E-state index contributed by atoms with van der Waals surface area (Å²) in [5, 5.41) is 3.92. The number of rotatable bonds is 3. The van der Waals surface area contributed by atoms with Crippen LogP contribution in [0.1, 0.15) is 24.3 Å². The van der Waals surface area contributed by atoms with E-state index in [2.05, 4.69) is 5.10 Å². The topological polar surface area (TPSA) is 60.9 Å². The number of hydrogen-bond acceptors (Lipinski definition) is 3. The zero-order valence-corrected chi connectivity index (χ0v) is 8.19. The maximum atomic E-state index is 11.7. The lowest BCUT2D eigenvalue weighted by Crippen LogP contribution is -2.36. The first kappa shape index (κ1) is 9.92. The highest BCUT2D eigenvalue weighted by Gasteiger charge is 2.20. The second-order valence-corrected chi connectivity index (χ2v) is 3.47. The van der Waals surface area contributed by atoms with E-state index in [1.165, 1.54) is 0 Å². The summed E-state index contributed by atoms with van der Waals surface area (Å²) in [6, 6.07) is 1.25. The largest absolute Gasteiger partial charge is 0.321 e. The van der Waals surface area contributed by atoms with Gasteiger partial charge in [-0.2, -0.15) is 5.10 Å². The van der Waals surface area contributed by atoms with Crippen molar-refractivity contribution in [2.24, 2.45) is 18.7 Å². The number of ketones is 1. The molecule has 0 amide bonds. The fourth-order valence-corrected chi connectivity index (χ4v) is 1.09. The lowest BCUT2D eigenvalue weighted by molar-refractivity contribution is 0.0931. The summed E-state index contributed by atoms with van der Waals surface area (Å²) < 4.78 is 1.55. The molecule has 2 N–H and O–H groups in total. The van der Waals surface area contributed by atoms with Crippen LogP contribution in [-0.2, 0) is 7.05 Å². The van der Waals surface area contributed by atoms with Crippen LogP contribution >= 0.6 is 0 Å². The smallest absolute Gasteiger partial charge is 0.197 e. The summed E-state index contributed by atoms with van der Waals surface area (Å²) in [5.41, 5.74) is 6.30. The average molecular weight is 181 g/mol. The third-order valence-corrected chi connectivity index (χ3v) is 2.09. The zero-order chi connectivity index (χ0) is 10.0. The Morgan fingerprint density at radius 2 is 2.23 bits per heavy atom. The number of hydrogen-bond donors (Lipinski definition) is 1. The van der Waals surface area contributed by atoms with Gasteiger partial charge in [-0.15, -0.1) is 0 Å². The van der Waals surface area contributed by atoms with Crippen molar-refractivity contribution in [3.63, 3.8) is 0 Å². The Morgan fingerprint density at radius 1 is 1.62 bits per heavy atom. The Morgan fingerprint density at radius 3 is 2.62 bits per heavy atom. The van der Waals surface area contributed by atoms with Crippen molar-refractivity contribution >= 4 is 5.78 Å². The molecule has 1 aromatic rings. The quantitative estimate of drug-likeness (QED) is 0.694. The predicted molar refractivity (Wildman–Crippen MR) is 50.4 cm³/mol. The minimum absolute atomic E-state index is 0.0463. The molecular weight excluding hydrogens is 166 g/mol. The van der Waals surface area contributed by atoms with Crippen molar-refractivity contribution in [1.82, 2.24) is 9.78 Å². The van der Waals surface area contributed by atoms with Gasteiger partial charge >= 0.3 is 0 Å². The van der Waals surface area contributed by atoms with Crippen LogP contribution < -0.4 is 5.73 Å². The summed E-state index contributed by atoms with van der Waals surface area (Å²) in [6.07, 6.45) is 1.60. The lowest BCUT2D eigenvalue weighted by atomic mass is 9.99. The van der Waals surface area contributed by atoms with Crippen LogP contribution in [0.2, 0.25) is 0 Å². The fraction of sp³-hybridized carbons (Fsp3) is 0.556. The number of aryl methyl sites for hydroxylation is 1. The monoisotopic (exact) mass is 181 g/mol. The molecule has 0 aliphatic heterocycles. The molecule has 4 nitrogen and oxygen atoms in total. The molecule has 0 aliphatic carbocycles. The molecule has 72 valence electrons. The summed E-state index contributed by atoms with van der Waals surface area (Å²) in [7, 11) is 1.74. The van der Waals surface area contributed by atoms with Crippen molar-refractivity contribution < 1.29 is 4.79 Å². The van der Waals surface area contributed by atoms with Crippen molar-refractivity contribution in [2.75, 3.05) is 0 Å². The molecule has 1 unspecified atom stereocenters. The second kappa shape index (κ2) is 3.70. The van der Waals surface area contributed by atoms with Crippen LogP contribution in [0.15, 0.2) is 12.3 Å². The van der Waals surface area contributed by atoms with Gasteiger partial charge in [-0.05, 0) is 12.0 Å². The van der Waals surface area contributed by atoms with Gasteiger partial charge in [-0.25, -0.2) is 0 Å². The first-order valence-electron chi connectivity index (χ1n) is 4.32. The van der Waals surface area contributed by atoms with Gasteiger partial charge in [0.25, 0.3) is 0 Å². The van der Waals surface area contributed by atoms with Crippen LogP contribution in [-0.4, -0.2) is 21.6 Å². The van der Waals surface area contributed by atoms with E-state index >= 15 is 0 Å². The van der Waals surface area contributed by atoms with E-state index in [0.29, 0.717) is 5.69 Å². The molecule has 0 fully saturated rings. The van der Waals surface area contributed by atoms with Gasteiger partial charge in [0, 0.05) is 13.2 Å². The number of aromatic nitrogens is 2. The van der Waals surface area contributed by atoms with E-state index in [9.17, 15) is 4.79 Å². The third kappa shape index (κ3) is 1.95. The summed E-state index contributed by atoms with van der Waals surface area (Å²) >= 11 is 0. The van der Waals surface area contributed by atoms with Crippen LogP contribution in [0.4, 0.5) is 0 Å². The molecule has 0 radical (unpaired) electrons. The lowest BCUT2D eigenvalue weighted by Gasteiger charge is -2.13. The minimum atomic E-state index is -0.435. The predicted octanol–water partition coefficient (Wildman–Crippen LogP) is 0.586. The van der Waals surface area contributed by atoms with Crippen LogP contribution in [0, 0.1) is 5.92 Å². The van der Waals surface area contributed by atoms with E-state index in [1.807, 2.05) is 13.8 Å². The normalized spacial score (nSPS) is 13.3. The Kier molecular flexibility index (Phi) is 2.83. The Bertz CT molecular complexity index is 304. The highest BCUT2D eigenvalue weighted by Crippen LogP contribution is 2.07. The van der Waals surface area contributed by atoms with E-state index in [1.54, 1.807) is 24.0 Å². The number of Topliss-reactive ketones (excluding diaryl/α,β-unsaturated/α-hetero) is 1. The third-order valence-electron chi connectivity index (χ3n) is 2.09. The number of carbonyl (C=O) groups excluding carboxylic acids is 1. The van der Waals surface area contributed by atoms with Gasteiger partial charge in [-0.3, -0.25) is 9.48 Å². The fourth-order valence-electron chi connectivity index (χ4n) is 1.09. The molecule has 0 spiro atoms. The molecule has 1 atom stereocenters. The Balaban J connectivity index is 2.86. The molecule has 0 saturated heterocycles. The summed E-state index contributed by atoms with van der Waals surface area (Å²) in [6.45, 7) is 3.86. The van der Waals surface area contributed by atoms with Gasteiger partial charge < -0.3 is 5.73 Å². The Hall–Kier alpha value is -1.16. The van der Waals surface area contributed by atoms with Crippen molar-refractivity contribution in [2.45, 2.75) is 19.9 Å². The van der Waals surface area contributed by atoms with Gasteiger partial charge in [0.05, 0.1) is 6.04 Å². The van der Waals surface area contributed by atoms with Crippen molar-refractivity contribution in [1.29, 1.82) is 0 Å². The van der Waals surface area contributed by atoms with E-state index in [4.69, 9.17) is 5.73 Å². The number of nitrogens with two attached hydrogens (primary N) is 1. The van der Waals surface area contributed by atoms with E-state index in [-0.39, 0.29) is 11.7 Å². The first-order valence-corrected chi connectivity index (χ1v) is 4.32. The highest BCUT2D eigenvalue weighted by atomic mass is 16.1. The van der Waals surface area contributed by atoms with Gasteiger partial charge in [0.1, 0.15) is 5.69 Å². The molecule has 1 aromatic heterocycles. The average Bonchev–Trinajstić information content (AvgIpc) is 2.48. The van der Waals surface area contributed by atoms with Crippen LogP contribution in [0.25, 0.3) is 0 Å². The standard InChI is InChI=1S/C9H15N3O/c1-6(2)8(10)9(13)7-4-5-11-12(7)3/h4-6,8H,10H2,1-3H3. The molecule has 0 bridgehead atoms. The summed E-state index contributed by atoms with van der Waals surface area (Å²) in [4.78, 5) is 11.7. The molecule has 1 rings (SSSR count). The SMILES string of the molecule is CC(C)C(N)C(=O)c1ccnn1C. The van der Waals surface area contributed by atoms with Gasteiger partial charge in [-0.1, -0.05) is 13.8 Å². The van der Waals surface area contributed by atoms with Crippen LogP contribution in [0.3, 0.4) is 0 Å². The van der Waals surface area contributed by atoms with Crippen LogP contribution in [0.5, 0.6) is 0 Å². The maximum absolute atomic E-state index is 11.7. The minimum Gasteiger partial charge on any atom is -0.321 e.